The second-order valence-corrected chi connectivity index (χ2v) is 5.14. The van der Waals surface area contributed by atoms with Gasteiger partial charge in [-0.05, 0) is 32.0 Å². The maximum atomic E-state index is 11.3. The second kappa shape index (κ2) is 6.61. The molecule has 1 aromatic carbocycles. The maximum Gasteiger partial charge on any atom is 0.407 e. The van der Waals surface area contributed by atoms with E-state index in [1.54, 1.807) is 0 Å². The van der Waals surface area contributed by atoms with E-state index in [1.807, 2.05) is 7.05 Å². The molecule has 1 aromatic rings. The van der Waals surface area contributed by atoms with Crippen molar-refractivity contribution >= 4 is 11.8 Å². The molecule has 0 bridgehead atoms. The maximum absolute atomic E-state index is 11.3. The highest BCUT2D eigenvalue weighted by atomic mass is 16.5. The third-order valence-electron chi connectivity index (χ3n) is 3.87. The number of para-hydroxylation sites is 1. The summed E-state index contributed by atoms with van der Waals surface area (Å²) < 4.78 is 4.65. The van der Waals surface area contributed by atoms with E-state index in [0.717, 1.165) is 19.5 Å². The summed E-state index contributed by atoms with van der Waals surface area (Å²) in [6.07, 6.45) is 0.589. The zero-order valence-electron chi connectivity index (χ0n) is 12.3. The third kappa shape index (κ3) is 3.22. The van der Waals surface area contributed by atoms with Gasteiger partial charge in [-0.15, -0.1) is 0 Å². The van der Waals surface area contributed by atoms with Gasteiger partial charge in [0.1, 0.15) is 0 Å². The van der Waals surface area contributed by atoms with Crippen LogP contribution in [0.2, 0.25) is 0 Å². The number of carbonyl (C=O) groups excluding carboxylic acids is 1. The number of benzene rings is 1. The Labute approximate surface area is 120 Å². The third-order valence-corrected chi connectivity index (χ3v) is 3.87. The summed E-state index contributed by atoms with van der Waals surface area (Å²) in [6.45, 7) is 3.92. The molecule has 20 heavy (non-hydrogen) atoms. The summed E-state index contributed by atoms with van der Waals surface area (Å²) in [5, 5.41) is 6.15. The molecule has 0 aliphatic carbocycles. The number of hydrogen-bond acceptors (Lipinski definition) is 4. The van der Waals surface area contributed by atoms with E-state index < -0.39 is 0 Å². The van der Waals surface area contributed by atoms with Crippen molar-refractivity contribution in [3.63, 3.8) is 0 Å². The predicted molar refractivity (Wildman–Crippen MR) is 80.1 cm³/mol. The minimum atomic E-state index is -0.353. The van der Waals surface area contributed by atoms with E-state index in [4.69, 9.17) is 0 Å². The first-order chi connectivity index (χ1) is 9.65. The minimum Gasteiger partial charge on any atom is -0.453 e. The fourth-order valence-corrected chi connectivity index (χ4v) is 2.62. The zero-order valence-corrected chi connectivity index (χ0v) is 12.3. The minimum absolute atomic E-state index is 0.153. The molecule has 0 radical (unpaired) electrons. The summed E-state index contributed by atoms with van der Waals surface area (Å²) in [7, 11) is 3.36. The van der Waals surface area contributed by atoms with Crippen molar-refractivity contribution in [1.82, 2.24) is 10.6 Å². The first kappa shape index (κ1) is 14.7. The molecule has 0 spiro atoms. The monoisotopic (exact) mass is 277 g/mol. The van der Waals surface area contributed by atoms with Crippen LogP contribution in [0, 0.1) is 0 Å². The van der Waals surface area contributed by atoms with Gasteiger partial charge in [0.25, 0.3) is 0 Å². The van der Waals surface area contributed by atoms with Crippen molar-refractivity contribution in [2.45, 2.75) is 25.4 Å². The van der Waals surface area contributed by atoms with Gasteiger partial charge in [-0.25, -0.2) is 4.79 Å². The van der Waals surface area contributed by atoms with Crippen LogP contribution in [0.5, 0.6) is 0 Å². The fraction of sp³-hybridized carbons (Fsp3) is 0.533. The van der Waals surface area contributed by atoms with Crippen molar-refractivity contribution in [2.75, 3.05) is 32.1 Å². The predicted octanol–water partition coefficient (Wildman–Crippen LogP) is 1.90. The van der Waals surface area contributed by atoms with Gasteiger partial charge in [0, 0.05) is 24.8 Å². The lowest BCUT2D eigenvalue weighted by Gasteiger charge is -2.24. The normalized spacial score (nSPS) is 19.8. The van der Waals surface area contributed by atoms with Gasteiger partial charge in [-0.2, -0.15) is 0 Å². The van der Waals surface area contributed by atoms with Crippen molar-refractivity contribution < 1.29 is 9.53 Å². The number of ether oxygens (including phenoxy) is 1. The first-order valence-electron chi connectivity index (χ1n) is 7.01. The van der Waals surface area contributed by atoms with E-state index in [-0.39, 0.29) is 12.1 Å². The fourth-order valence-electron chi connectivity index (χ4n) is 2.62. The van der Waals surface area contributed by atoms with Crippen LogP contribution < -0.4 is 15.5 Å². The van der Waals surface area contributed by atoms with Crippen molar-refractivity contribution in [3.05, 3.63) is 29.8 Å². The summed E-state index contributed by atoms with van der Waals surface area (Å²) in [5.41, 5.74) is 2.53. The van der Waals surface area contributed by atoms with Crippen LogP contribution in [0.1, 0.15) is 24.9 Å². The Bertz CT molecular complexity index is 464. The second-order valence-electron chi connectivity index (χ2n) is 5.14. The Morgan fingerprint density at radius 2 is 2.20 bits per heavy atom. The smallest absolute Gasteiger partial charge is 0.407 e. The van der Waals surface area contributed by atoms with Crippen LogP contribution in [0.4, 0.5) is 10.5 Å². The number of nitrogens with zero attached hydrogens (tertiary/aromatic N) is 1. The number of anilines is 1. The van der Waals surface area contributed by atoms with Crippen LogP contribution in [-0.2, 0) is 4.74 Å². The molecule has 1 aliphatic rings. The number of hydrogen-bond donors (Lipinski definition) is 2. The number of carbonyl (C=O) groups is 1. The lowest BCUT2D eigenvalue weighted by Crippen LogP contribution is -2.37. The molecule has 1 heterocycles. The molecule has 2 unspecified atom stereocenters. The van der Waals surface area contributed by atoms with Gasteiger partial charge >= 0.3 is 6.09 Å². The van der Waals surface area contributed by atoms with E-state index in [9.17, 15) is 4.79 Å². The molecular weight excluding hydrogens is 254 g/mol. The van der Waals surface area contributed by atoms with E-state index in [1.165, 1.54) is 18.4 Å². The molecule has 2 atom stereocenters. The summed E-state index contributed by atoms with van der Waals surface area (Å²) in [4.78, 5) is 13.6. The molecule has 110 valence electrons. The molecule has 5 nitrogen and oxygen atoms in total. The molecule has 1 aliphatic heterocycles. The van der Waals surface area contributed by atoms with Crippen LogP contribution in [-0.4, -0.2) is 39.4 Å². The Kier molecular flexibility index (Phi) is 4.84. The van der Waals surface area contributed by atoms with Gasteiger partial charge in [-0.3, -0.25) is 0 Å². The number of methoxy groups -OCH3 is 1. The topological polar surface area (TPSA) is 53.6 Å². The largest absolute Gasteiger partial charge is 0.453 e. The van der Waals surface area contributed by atoms with Gasteiger partial charge < -0.3 is 20.3 Å². The van der Waals surface area contributed by atoms with Crippen LogP contribution >= 0.6 is 0 Å². The Hall–Kier alpha value is -1.75. The highest BCUT2D eigenvalue weighted by Gasteiger charge is 2.26. The van der Waals surface area contributed by atoms with Crippen LogP contribution in [0.25, 0.3) is 0 Å². The lowest BCUT2D eigenvalue weighted by molar-refractivity contribution is 0.167. The number of alkyl carbamates (subject to hydrolysis) is 1. The standard InChI is InChI=1S/C15H23N3O2/c1-11(16-2)13-6-4-5-7-14(13)18-9-8-12(10-18)17-15(19)20-3/h4-7,11-12,16H,8-10H2,1-3H3,(H,17,19). The van der Waals surface area contributed by atoms with Gasteiger partial charge in [0.15, 0.2) is 0 Å². The molecule has 1 amide bonds. The van der Waals surface area contributed by atoms with Crippen molar-refractivity contribution in [1.29, 1.82) is 0 Å². The zero-order chi connectivity index (χ0) is 14.5. The number of nitrogens with one attached hydrogen (secondary N) is 2. The molecule has 1 saturated heterocycles. The molecule has 2 N–H and O–H groups in total. The van der Waals surface area contributed by atoms with E-state index in [2.05, 4.69) is 51.5 Å². The number of rotatable bonds is 4. The molecule has 5 heteroatoms. The average Bonchev–Trinajstić information content (AvgIpc) is 2.94. The quantitative estimate of drug-likeness (QED) is 0.882. The highest BCUT2D eigenvalue weighted by molar-refractivity contribution is 5.67. The average molecular weight is 277 g/mol. The van der Waals surface area contributed by atoms with Gasteiger partial charge in [0.2, 0.25) is 0 Å². The molecule has 0 aromatic heterocycles. The molecule has 2 rings (SSSR count). The molecular formula is C15H23N3O2. The van der Waals surface area contributed by atoms with Crippen LogP contribution in [0.15, 0.2) is 24.3 Å². The van der Waals surface area contributed by atoms with E-state index in [0.29, 0.717) is 6.04 Å². The Morgan fingerprint density at radius 1 is 1.45 bits per heavy atom. The highest BCUT2D eigenvalue weighted by Crippen LogP contribution is 2.28. The number of amides is 1. The van der Waals surface area contributed by atoms with Gasteiger partial charge in [0.05, 0.1) is 13.2 Å². The Balaban J connectivity index is 2.08. The van der Waals surface area contributed by atoms with Crippen molar-refractivity contribution in [2.24, 2.45) is 0 Å². The van der Waals surface area contributed by atoms with Crippen LogP contribution in [0.3, 0.4) is 0 Å². The summed E-state index contributed by atoms with van der Waals surface area (Å²) >= 11 is 0. The first-order valence-corrected chi connectivity index (χ1v) is 7.01. The summed E-state index contributed by atoms with van der Waals surface area (Å²) in [5.74, 6) is 0. The van der Waals surface area contributed by atoms with E-state index >= 15 is 0 Å². The lowest BCUT2D eigenvalue weighted by atomic mass is 10.1. The SMILES string of the molecule is CNC(C)c1ccccc1N1CCC(NC(=O)OC)C1. The summed E-state index contributed by atoms with van der Waals surface area (Å²) in [6, 6.07) is 8.87. The van der Waals surface area contributed by atoms with Gasteiger partial charge in [-0.1, -0.05) is 18.2 Å². The van der Waals surface area contributed by atoms with Crippen molar-refractivity contribution in [3.8, 4) is 0 Å². The molecule has 0 saturated carbocycles. The Morgan fingerprint density at radius 3 is 2.90 bits per heavy atom. The molecule has 1 fully saturated rings.